The first-order chi connectivity index (χ1) is 8.97. The van der Waals surface area contributed by atoms with E-state index < -0.39 is 11.1 Å². The van der Waals surface area contributed by atoms with E-state index in [9.17, 15) is 19.5 Å². The number of hydrogen-bond acceptors (Lipinski definition) is 5. The van der Waals surface area contributed by atoms with E-state index in [2.05, 4.69) is 5.32 Å². The lowest BCUT2D eigenvalue weighted by molar-refractivity contribution is -0.128. The summed E-state index contributed by atoms with van der Waals surface area (Å²) in [4.78, 5) is 35.4. The van der Waals surface area contributed by atoms with Crippen LogP contribution in [0.1, 0.15) is 5.56 Å². The van der Waals surface area contributed by atoms with Crippen LogP contribution in [0.15, 0.2) is 18.2 Å². The second-order valence-corrected chi connectivity index (χ2v) is 5.01. The van der Waals surface area contributed by atoms with Gasteiger partial charge in [-0.05, 0) is 30.7 Å². The molecule has 0 saturated carbocycles. The van der Waals surface area contributed by atoms with Crippen molar-refractivity contribution < 1.29 is 19.5 Å². The standard InChI is InChI=1S/C12H12N2O4S/c1-7-4-8(15)2-3-9(7)13-10(16)5-14-11(17)6-19-12(14)18/h2-4,15H,5-6H2,1H3,(H,13,16). The lowest BCUT2D eigenvalue weighted by Gasteiger charge is -2.13. The summed E-state index contributed by atoms with van der Waals surface area (Å²) in [6.07, 6.45) is 0. The molecular formula is C12H12N2O4S. The maximum absolute atomic E-state index is 11.8. The molecule has 2 N–H and O–H groups in total. The number of nitrogens with zero attached hydrogens (tertiary/aromatic N) is 1. The summed E-state index contributed by atoms with van der Waals surface area (Å²) in [5.74, 6) is -0.605. The van der Waals surface area contributed by atoms with Gasteiger partial charge in [-0.3, -0.25) is 19.3 Å². The van der Waals surface area contributed by atoms with Crippen molar-refractivity contribution in [2.75, 3.05) is 17.6 Å². The van der Waals surface area contributed by atoms with Gasteiger partial charge in [0.05, 0.1) is 5.75 Å². The van der Waals surface area contributed by atoms with E-state index in [4.69, 9.17) is 0 Å². The Balaban J connectivity index is 2.01. The fraction of sp³-hybridized carbons (Fsp3) is 0.250. The summed E-state index contributed by atoms with van der Waals surface area (Å²) >= 11 is 0.891. The fourth-order valence-electron chi connectivity index (χ4n) is 1.66. The molecule has 1 aromatic carbocycles. The van der Waals surface area contributed by atoms with Gasteiger partial charge in [-0.2, -0.15) is 0 Å². The van der Waals surface area contributed by atoms with Crippen molar-refractivity contribution in [3.63, 3.8) is 0 Å². The topological polar surface area (TPSA) is 86.7 Å². The minimum atomic E-state index is -0.446. The Labute approximate surface area is 113 Å². The third kappa shape index (κ3) is 3.05. The molecule has 7 heteroatoms. The Morgan fingerprint density at radius 1 is 1.47 bits per heavy atom. The van der Waals surface area contributed by atoms with E-state index >= 15 is 0 Å². The number of nitrogens with one attached hydrogen (secondary N) is 1. The first-order valence-corrected chi connectivity index (χ1v) is 6.52. The van der Waals surface area contributed by atoms with E-state index in [1.807, 2.05) is 0 Å². The Morgan fingerprint density at radius 3 is 2.79 bits per heavy atom. The van der Waals surface area contributed by atoms with Crippen LogP contribution >= 0.6 is 11.8 Å². The number of benzene rings is 1. The largest absolute Gasteiger partial charge is 0.508 e. The summed E-state index contributed by atoms with van der Waals surface area (Å²) in [6, 6.07) is 4.52. The third-order valence-electron chi connectivity index (χ3n) is 2.63. The van der Waals surface area contributed by atoms with Crippen LogP contribution < -0.4 is 5.32 Å². The molecule has 6 nitrogen and oxygen atoms in total. The monoisotopic (exact) mass is 280 g/mol. The maximum Gasteiger partial charge on any atom is 0.289 e. The smallest absolute Gasteiger partial charge is 0.289 e. The van der Waals surface area contributed by atoms with Gasteiger partial charge in [0, 0.05) is 5.69 Å². The van der Waals surface area contributed by atoms with Crippen LogP contribution in [0.2, 0.25) is 0 Å². The number of phenolic OH excluding ortho intramolecular Hbond substituents is 1. The van der Waals surface area contributed by atoms with Crippen LogP contribution in [0.25, 0.3) is 0 Å². The van der Waals surface area contributed by atoms with Crippen LogP contribution in [0.3, 0.4) is 0 Å². The highest BCUT2D eigenvalue weighted by Gasteiger charge is 2.31. The van der Waals surface area contributed by atoms with Crippen LogP contribution in [0.5, 0.6) is 5.75 Å². The predicted octanol–water partition coefficient (Wildman–Crippen LogP) is 1.33. The number of carbonyl (C=O) groups is 3. The number of carbonyl (C=O) groups excluding carboxylic acids is 3. The van der Waals surface area contributed by atoms with Gasteiger partial charge in [-0.1, -0.05) is 11.8 Å². The molecule has 19 heavy (non-hydrogen) atoms. The summed E-state index contributed by atoms with van der Waals surface area (Å²) in [7, 11) is 0. The van der Waals surface area contributed by atoms with Gasteiger partial charge in [0.15, 0.2) is 0 Å². The molecule has 0 aromatic heterocycles. The molecule has 0 spiro atoms. The van der Waals surface area contributed by atoms with Crippen molar-refractivity contribution in [1.82, 2.24) is 4.90 Å². The molecule has 1 aliphatic heterocycles. The summed E-state index contributed by atoms with van der Waals surface area (Å²) in [5, 5.41) is 11.5. The second-order valence-electron chi connectivity index (χ2n) is 4.08. The van der Waals surface area contributed by atoms with E-state index in [1.54, 1.807) is 13.0 Å². The highest BCUT2D eigenvalue weighted by atomic mass is 32.2. The molecule has 0 aliphatic carbocycles. The van der Waals surface area contributed by atoms with Crippen LogP contribution in [-0.4, -0.2) is 39.4 Å². The van der Waals surface area contributed by atoms with Gasteiger partial charge in [-0.25, -0.2) is 0 Å². The Kier molecular flexibility index (Phi) is 3.75. The Hall–Kier alpha value is -2.02. The fourth-order valence-corrected chi connectivity index (χ4v) is 2.38. The molecule has 1 fully saturated rings. The maximum atomic E-state index is 11.8. The van der Waals surface area contributed by atoms with Crippen molar-refractivity contribution in [2.24, 2.45) is 0 Å². The lowest BCUT2D eigenvalue weighted by Crippen LogP contribution is -2.36. The van der Waals surface area contributed by atoms with Gasteiger partial charge in [0.2, 0.25) is 11.8 Å². The van der Waals surface area contributed by atoms with Crippen molar-refractivity contribution in [2.45, 2.75) is 6.92 Å². The minimum Gasteiger partial charge on any atom is -0.508 e. The third-order valence-corrected chi connectivity index (χ3v) is 3.48. The SMILES string of the molecule is Cc1cc(O)ccc1NC(=O)CN1C(=O)CSC1=O. The summed E-state index contributed by atoms with van der Waals surface area (Å²) in [6.45, 7) is 1.45. The van der Waals surface area contributed by atoms with Crippen molar-refractivity contribution >= 4 is 34.5 Å². The molecule has 0 unspecified atom stereocenters. The molecule has 1 heterocycles. The zero-order valence-corrected chi connectivity index (χ0v) is 11.0. The first-order valence-electron chi connectivity index (χ1n) is 5.54. The number of phenols is 1. The molecule has 1 aromatic rings. The van der Waals surface area contributed by atoms with Crippen LogP contribution in [-0.2, 0) is 9.59 Å². The van der Waals surface area contributed by atoms with Crippen molar-refractivity contribution in [3.05, 3.63) is 23.8 Å². The molecule has 3 amide bonds. The summed E-state index contributed by atoms with van der Waals surface area (Å²) in [5.41, 5.74) is 1.23. The van der Waals surface area contributed by atoms with Gasteiger partial charge < -0.3 is 10.4 Å². The highest BCUT2D eigenvalue weighted by molar-refractivity contribution is 8.14. The molecule has 0 atom stereocenters. The zero-order valence-electron chi connectivity index (χ0n) is 10.2. The number of rotatable bonds is 3. The van der Waals surface area contributed by atoms with Gasteiger partial charge in [0.25, 0.3) is 5.24 Å². The van der Waals surface area contributed by atoms with Crippen LogP contribution in [0, 0.1) is 6.92 Å². The van der Waals surface area contributed by atoms with Crippen LogP contribution in [0.4, 0.5) is 10.5 Å². The number of anilines is 1. The van der Waals surface area contributed by atoms with E-state index in [0.717, 1.165) is 16.7 Å². The molecule has 1 aliphatic rings. The lowest BCUT2D eigenvalue weighted by atomic mass is 10.2. The average molecular weight is 280 g/mol. The quantitative estimate of drug-likeness (QED) is 0.816. The number of aromatic hydroxyl groups is 1. The molecular weight excluding hydrogens is 268 g/mol. The predicted molar refractivity (Wildman–Crippen MR) is 71.0 cm³/mol. The normalized spacial score (nSPS) is 14.9. The average Bonchev–Trinajstić information content (AvgIpc) is 2.65. The second kappa shape index (κ2) is 5.31. The number of hydrogen-bond donors (Lipinski definition) is 2. The van der Waals surface area contributed by atoms with E-state index in [1.165, 1.54) is 12.1 Å². The molecule has 1 saturated heterocycles. The molecule has 100 valence electrons. The molecule has 2 rings (SSSR count). The van der Waals surface area contributed by atoms with Gasteiger partial charge in [-0.15, -0.1) is 0 Å². The van der Waals surface area contributed by atoms with Gasteiger partial charge in [0.1, 0.15) is 12.3 Å². The minimum absolute atomic E-state index is 0.0876. The number of aryl methyl sites for hydroxylation is 1. The first kappa shape index (κ1) is 13.4. The zero-order chi connectivity index (χ0) is 14.0. The number of thioether (sulfide) groups is 1. The van der Waals surface area contributed by atoms with Crippen molar-refractivity contribution in [1.29, 1.82) is 0 Å². The number of imide groups is 1. The molecule has 0 bridgehead atoms. The van der Waals surface area contributed by atoms with Gasteiger partial charge >= 0.3 is 0 Å². The Morgan fingerprint density at radius 2 is 2.21 bits per heavy atom. The van der Waals surface area contributed by atoms with Crippen molar-refractivity contribution in [3.8, 4) is 5.75 Å². The van der Waals surface area contributed by atoms with E-state index in [-0.39, 0.29) is 24.0 Å². The number of amides is 3. The highest BCUT2D eigenvalue weighted by Crippen LogP contribution is 2.21. The van der Waals surface area contributed by atoms with E-state index in [0.29, 0.717) is 11.3 Å². The summed E-state index contributed by atoms with van der Waals surface area (Å²) < 4.78 is 0. The molecule has 0 radical (unpaired) electrons. The Bertz CT molecular complexity index is 543.